The van der Waals surface area contributed by atoms with Crippen LogP contribution in [0.2, 0.25) is 0 Å². The van der Waals surface area contributed by atoms with Crippen LogP contribution in [0.1, 0.15) is 18.9 Å². The highest BCUT2D eigenvalue weighted by Gasteiger charge is 2.09. The molecular formula is C17H19N3S. The van der Waals surface area contributed by atoms with Gasteiger partial charge in [0.2, 0.25) is 0 Å². The van der Waals surface area contributed by atoms with E-state index >= 15 is 0 Å². The van der Waals surface area contributed by atoms with Gasteiger partial charge in [-0.15, -0.1) is 10.2 Å². The van der Waals surface area contributed by atoms with Gasteiger partial charge in [0.25, 0.3) is 0 Å². The molecule has 0 aliphatic heterocycles. The molecule has 2 aromatic carbocycles. The van der Waals surface area contributed by atoms with Crippen molar-refractivity contribution in [3.8, 4) is 10.6 Å². The Morgan fingerprint density at radius 1 is 1.05 bits per heavy atom. The highest BCUT2D eigenvalue weighted by molar-refractivity contribution is 7.14. The summed E-state index contributed by atoms with van der Waals surface area (Å²) < 4.78 is 0. The SMILES string of the molecule is CC(C)CNCc1nnc(-c2cccc3ccccc23)s1. The molecule has 21 heavy (non-hydrogen) atoms. The fourth-order valence-electron chi connectivity index (χ4n) is 2.31. The molecule has 3 nitrogen and oxygen atoms in total. The standard InChI is InChI=1S/C17H19N3S/c1-12(2)10-18-11-16-19-20-17(21-16)15-9-5-7-13-6-3-4-8-14(13)15/h3-9,12,18H,10-11H2,1-2H3. The molecule has 0 fully saturated rings. The monoisotopic (exact) mass is 297 g/mol. The van der Waals surface area contributed by atoms with Gasteiger partial charge in [0, 0.05) is 12.1 Å². The fourth-order valence-corrected chi connectivity index (χ4v) is 3.16. The van der Waals surface area contributed by atoms with E-state index in [1.54, 1.807) is 11.3 Å². The highest BCUT2D eigenvalue weighted by Crippen LogP contribution is 2.30. The van der Waals surface area contributed by atoms with E-state index in [1.165, 1.54) is 16.3 Å². The predicted octanol–water partition coefficient (Wildman–Crippen LogP) is 4.10. The number of nitrogens with zero attached hydrogens (tertiary/aromatic N) is 2. The Morgan fingerprint density at radius 3 is 2.71 bits per heavy atom. The average molecular weight is 297 g/mol. The van der Waals surface area contributed by atoms with Crippen LogP contribution in [0.5, 0.6) is 0 Å². The van der Waals surface area contributed by atoms with Crippen molar-refractivity contribution < 1.29 is 0 Å². The first kappa shape index (κ1) is 14.2. The van der Waals surface area contributed by atoms with Gasteiger partial charge in [-0.25, -0.2) is 0 Å². The minimum atomic E-state index is 0.649. The largest absolute Gasteiger partial charge is 0.310 e. The van der Waals surface area contributed by atoms with Crippen molar-refractivity contribution in [3.63, 3.8) is 0 Å². The number of benzene rings is 2. The molecule has 1 N–H and O–H groups in total. The second kappa shape index (κ2) is 6.33. The number of nitrogens with one attached hydrogen (secondary N) is 1. The molecule has 0 aliphatic carbocycles. The van der Waals surface area contributed by atoms with Crippen molar-refractivity contribution in [2.45, 2.75) is 20.4 Å². The summed E-state index contributed by atoms with van der Waals surface area (Å²) >= 11 is 1.67. The van der Waals surface area contributed by atoms with Gasteiger partial charge in [-0.05, 0) is 23.2 Å². The van der Waals surface area contributed by atoms with Gasteiger partial charge in [0.05, 0.1) is 0 Å². The Hall–Kier alpha value is -1.78. The lowest BCUT2D eigenvalue weighted by Crippen LogP contribution is -2.18. The first-order valence-corrected chi connectivity index (χ1v) is 8.07. The van der Waals surface area contributed by atoms with E-state index in [4.69, 9.17) is 0 Å². The summed E-state index contributed by atoms with van der Waals surface area (Å²) in [6.45, 7) is 6.20. The predicted molar refractivity (Wildman–Crippen MR) is 89.4 cm³/mol. The summed E-state index contributed by atoms with van der Waals surface area (Å²) in [6, 6.07) is 14.7. The molecule has 0 spiro atoms. The van der Waals surface area contributed by atoms with Crippen molar-refractivity contribution in [2.75, 3.05) is 6.54 Å². The van der Waals surface area contributed by atoms with Gasteiger partial charge in [-0.1, -0.05) is 67.6 Å². The summed E-state index contributed by atoms with van der Waals surface area (Å²) in [7, 11) is 0. The molecule has 108 valence electrons. The first-order chi connectivity index (χ1) is 10.2. The van der Waals surface area contributed by atoms with Crippen LogP contribution >= 0.6 is 11.3 Å². The van der Waals surface area contributed by atoms with Gasteiger partial charge < -0.3 is 5.32 Å². The lowest BCUT2D eigenvalue weighted by atomic mass is 10.1. The zero-order valence-electron chi connectivity index (χ0n) is 12.3. The maximum absolute atomic E-state index is 4.36. The van der Waals surface area contributed by atoms with Gasteiger partial charge in [-0.3, -0.25) is 0 Å². The number of hydrogen-bond acceptors (Lipinski definition) is 4. The third-order valence-corrected chi connectivity index (χ3v) is 4.27. The molecule has 4 heteroatoms. The lowest BCUT2D eigenvalue weighted by Gasteiger charge is -2.04. The lowest BCUT2D eigenvalue weighted by molar-refractivity contribution is 0.550. The van der Waals surface area contributed by atoms with Crippen molar-refractivity contribution in [1.29, 1.82) is 0 Å². The van der Waals surface area contributed by atoms with Gasteiger partial charge in [-0.2, -0.15) is 0 Å². The van der Waals surface area contributed by atoms with E-state index < -0.39 is 0 Å². The summed E-state index contributed by atoms with van der Waals surface area (Å²) in [5, 5.41) is 16.6. The number of rotatable bonds is 5. The van der Waals surface area contributed by atoms with E-state index in [1.807, 2.05) is 0 Å². The van der Waals surface area contributed by atoms with Crippen molar-refractivity contribution in [1.82, 2.24) is 15.5 Å². The molecule has 0 radical (unpaired) electrons. The van der Waals surface area contributed by atoms with Crippen LogP contribution in [-0.2, 0) is 6.54 Å². The van der Waals surface area contributed by atoms with Crippen molar-refractivity contribution in [2.24, 2.45) is 5.92 Å². The molecule has 0 saturated carbocycles. The zero-order valence-corrected chi connectivity index (χ0v) is 13.2. The summed E-state index contributed by atoms with van der Waals surface area (Å²) in [4.78, 5) is 0. The third-order valence-electron chi connectivity index (χ3n) is 3.32. The second-order valence-electron chi connectivity index (χ2n) is 5.55. The Bertz CT molecular complexity index is 728. The molecule has 0 unspecified atom stereocenters. The molecule has 3 rings (SSSR count). The van der Waals surface area contributed by atoms with Crippen LogP contribution in [0.25, 0.3) is 21.3 Å². The highest BCUT2D eigenvalue weighted by atomic mass is 32.1. The Balaban J connectivity index is 1.85. The van der Waals surface area contributed by atoms with E-state index in [0.717, 1.165) is 23.1 Å². The number of aromatic nitrogens is 2. The molecule has 0 atom stereocenters. The topological polar surface area (TPSA) is 37.8 Å². The van der Waals surface area contributed by atoms with Crippen LogP contribution in [0, 0.1) is 5.92 Å². The van der Waals surface area contributed by atoms with E-state index in [-0.39, 0.29) is 0 Å². The Kier molecular flexibility index (Phi) is 4.27. The van der Waals surface area contributed by atoms with Crippen LogP contribution in [0.15, 0.2) is 42.5 Å². The van der Waals surface area contributed by atoms with E-state index in [2.05, 4.69) is 71.8 Å². The Labute approximate surface area is 129 Å². The number of fused-ring (bicyclic) bond motifs is 1. The molecule has 1 heterocycles. The van der Waals surface area contributed by atoms with Gasteiger partial charge in [0.1, 0.15) is 10.0 Å². The normalized spacial score (nSPS) is 11.4. The average Bonchev–Trinajstić information content (AvgIpc) is 2.95. The molecule has 0 saturated heterocycles. The smallest absolute Gasteiger partial charge is 0.148 e. The molecule has 0 aliphatic rings. The summed E-state index contributed by atoms with van der Waals surface area (Å²) in [6.07, 6.45) is 0. The Morgan fingerprint density at radius 2 is 1.86 bits per heavy atom. The summed E-state index contributed by atoms with van der Waals surface area (Å²) in [5.41, 5.74) is 1.17. The second-order valence-corrected chi connectivity index (χ2v) is 6.61. The van der Waals surface area contributed by atoms with E-state index in [9.17, 15) is 0 Å². The van der Waals surface area contributed by atoms with Crippen LogP contribution in [-0.4, -0.2) is 16.7 Å². The van der Waals surface area contributed by atoms with Gasteiger partial charge >= 0.3 is 0 Å². The molecule has 0 bridgehead atoms. The molecule has 3 aromatic rings. The van der Waals surface area contributed by atoms with Crippen molar-refractivity contribution in [3.05, 3.63) is 47.5 Å². The summed E-state index contributed by atoms with van der Waals surface area (Å²) in [5.74, 6) is 0.649. The first-order valence-electron chi connectivity index (χ1n) is 7.25. The number of hydrogen-bond donors (Lipinski definition) is 1. The molecule has 1 aromatic heterocycles. The fraction of sp³-hybridized carbons (Fsp3) is 0.294. The van der Waals surface area contributed by atoms with Crippen LogP contribution in [0.4, 0.5) is 0 Å². The zero-order chi connectivity index (χ0) is 14.7. The van der Waals surface area contributed by atoms with Gasteiger partial charge in [0.15, 0.2) is 0 Å². The van der Waals surface area contributed by atoms with Crippen molar-refractivity contribution >= 4 is 22.1 Å². The minimum absolute atomic E-state index is 0.649. The maximum Gasteiger partial charge on any atom is 0.148 e. The van der Waals surface area contributed by atoms with Crippen LogP contribution in [0.3, 0.4) is 0 Å². The maximum atomic E-state index is 4.36. The quantitative estimate of drug-likeness (QED) is 0.770. The van der Waals surface area contributed by atoms with E-state index in [0.29, 0.717) is 5.92 Å². The minimum Gasteiger partial charge on any atom is -0.310 e. The third kappa shape index (κ3) is 3.28. The molecular weight excluding hydrogens is 278 g/mol. The molecule has 0 amide bonds. The van der Waals surface area contributed by atoms with Crippen LogP contribution < -0.4 is 5.32 Å².